The van der Waals surface area contributed by atoms with Crippen LogP contribution >= 0.6 is 0 Å². The first-order valence-electron chi connectivity index (χ1n) is 6.83. The van der Waals surface area contributed by atoms with Gasteiger partial charge in [0.2, 0.25) is 0 Å². The summed E-state index contributed by atoms with van der Waals surface area (Å²) in [6.07, 6.45) is 1.15. The minimum Gasteiger partial charge on any atom is -0.314 e. The lowest BCUT2D eigenvalue weighted by atomic mass is 10.1. The molecule has 1 aliphatic heterocycles. The predicted molar refractivity (Wildman–Crippen MR) is 72.9 cm³/mol. The monoisotopic (exact) mass is 250 g/mol. The molecule has 1 aliphatic rings. The molecule has 0 radical (unpaired) electrons. The van der Waals surface area contributed by atoms with Crippen LogP contribution in [0, 0.1) is 11.7 Å². The van der Waals surface area contributed by atoms with Gasteiger partial charge < -0.3 is 5.32 Å². The highest BCUT2D eigenvalue weighted by atomic mass is 19.1. The van der Waals surface area contributed by atoms with E-state index >= 15 is 0 Å². The summed E-state index contributed by atoms with van der Waals surface area (Å²) >= 11 is 0. The molecule has 100 valence electrons. The van der Waals surface area contributed by atoms with Gasteiger partial charge in [0.15, 0.2) is 0 Å². The van der Waals surface area contributed by atoms with E-state index in [9.17, 15) is 4.39 Å². The van der Waals surface area contributed by atoms with E-state index in [1.807, 2.05) is 6.07 Å². The zero-order valence-corrected chi connectivity index (χ0v) is 11.3. The van der Waals surface area contributed by atoms with E-state index in [0.29, 0.717) is 12.0 Å². The van der Waals surface area contributed by atoms with E-state index < -0.39 is 0 Å². The van der Waals surface area contributed by atoms with Crippen LogP contribution in [-0.2, 0) is 6.54 Å². The lowest BCUT2D eigenvalue weighted by molar-refractivity contribution is 0.194. The van der Waals surface area contributed by atoms with E-state index in [4.69, 9.17) is 0 Å². The molecular weight excluding hydrogens is 227 g/mol. The van der Waals surface area contributed by atoms with Gasteiger partial charge in [-0.15, -0.1) is 0 Å². The number of halogens is 1. The minimum atomic E-state index is -0.136. The van der Waals surface area contributed by atoms with Gasteiger partial charge >= 0.3 is 0 Å². The van der Waals surface area contributed by atoms with Crippen molar-refractivity contribution in [1.82, 2.24) is 10.2 Å². The lowest BCUT2D eigenvalue weighted by Gasteiger charge is -2.31. The van der Waals surface area contributed by atoms with Crippen molar-refractivity contribution in [3.8, 4) is 0 Å². The van der Waals surface area contributed by atoms with Crippen LogP contribution < -0.4 is 5.32 Å². The van der Waals surface area contributed by atoms with E-state index in [1.165, 1.54) is 6.07 Å². The van der Waals surface area contributed by atoms with Gasteiger partial charge in [-0.2, -0.15) is 0 Å². The van der Waals surface area contributed by atoms with Crippen molar-refractivity contribution < 1.29 is 4.39 Å². The largest absolute Gasteiger partial charge is 0.314 e. The SMILES string of the molecule is CC1CNC(C)CCN(Cc2cccc(F)c2)C1. The van der Waals surface area contributed by atoms with E-state index in [0.717, 1.165) is 38.2 Å². The first kappa shape index (κ1) is 13.5. The first-order chi connectivity index (χ1) is 8.63. The Morgan fingerprint density at radius 2 is 2.22 bits per heavy atom. The van der Waals surface area contributed by atoms with Crippen molar-refractivity contribution in [2.45, 2.75) is 32.9 Å². The number of hydrogen-bond donors (Lipinski definition) is 1. The van der Waals surface area contributed by atoms with Crippen LogP contribution in [0.2, 0.25) is 0 Å². The average molecular weight is 250 g/mol. The van der Waals surface area contributed by atoms with E-state index in [1.54, 1.807) is 12.1 Å². The molecule has 2 rings (SSSR count). The molecule has 0 aliphatic carbocycles. The molecule has 0 saturated carbocycles. The Kier molecular flexibility index (Phi) is 4.72. The molecule has 0 spiro atoms. The first-order valence-corrected chi connectivity index (χ1v) is 6.83. The van der Waals surface area contributed by atoms with Crippen LogP contribution in [0.15, 0.2) is 24.3 Å². The van der Waals surface area contributed by atoms with Crippen LogP contribution in [0.25, 0.3) is 0 Å². The lowest BCUT2D eigenvalue weighted by Crippen LogP contribution is -2.42. The normalized spacial score (nSPS) is 26.6. The van der Waals surface area contributed by atoms with Crippen LogP contribution in [0.1, 0.15) is 25.8 Å². The average Bonchev–Trinajstić information content (AvgIpc) is 2.32. The fraction of sp³-hybridized carbons (Fsp3) is 0.600. The second-order valence-electron chi connectivity index (χ2n) is 5.57. The molecular formula is C15H23FN2. The summed E-state index contributed by atoms with van der Waals surface area (Å²) in [4.78, 5) is 2.44. The maximum Gasteiger partial charge on any atom is 0.123 e. The second-order valence-corrected chi connectivity index (χ2v) is 5.57. The molecule has 0 aromatic heterocycles. The molecule has 1 saturated heterocycles. The Morgan fingerprint density at radius 3 is 3.00 bits per heavy atom. The fourth-order valence-corrected chi connectivity index (χ4v) is 2.51. The Morgan fingerprint density at radius 1 is 1.39 bits per heavy atom. The summed E-state index contributed by atoms with van der Waals surface area (Å²) in [5.74, 6) is 0.504. The summed E-state index contributed by atoms with van der Waals surface area (Å²) in [6, 6.07) is 7.52. The van der Waals surface area contributed by atoms with Crippen molar-refractivity contribution in [1.29, 1.82) is 0 Å². The highest BCUT2D eigenvalue weighted by molar-refractivity contribution is 5.16. The Hall–Kier alpha value is -0.930. The number of rotatable bonds is 2. The molecule has 1 fully saturated rings. The molecule has 3 heteroatoms. The van der Waals surface area contributed by atoms with Gasteiger partial charge in [-0.3, -0.25) is 4.90 Å². The summed E-state index contributed by atoms with van der Waals surface area (Å²) in [7, 11) is 0. The smallest absolute Gasteiger partial charge is 0.123 e. The molecule has 1 heterocycles. The number of nitrogens with one attached hydrogen (secondary N) is 1. The van der Waals surface area contributed by atoms with Crippen molar-refractivity contribution in [2.75, 3.05) is 19.6 Å². The molecule has 2 nitrogen and oxygen atoms in total. The third-order valence-electron chi connectivity index (χ3n) is 3.56. The van der Waals surface area contributed by atoms with Gasteiger partial charge in [0.05, 0.1) is 0 Å². The molecule has 2 atom stereocenters. The number of hydrogen-bond acceptors (Lipinski definition) is 2. The van der Waals surface area contributed by atoms with Gasteiger partial charge in [0.25, 0.3) is 0 Å². The van der Waals surface area contributed by atoms with Crippen LogP contribution in [0.5, 0.6) is 0 Å². The predicted octanol–water partition coefficient (Wildman–Crippen LogP) is 2.65. The summed E-state index contributed by atoms with van der Waals surface area (Å²) in [5, 5.41) is 3.54. The fourth-order valence-electron chi connectivity index (χ4n) is 2.51. The number of benzene rings is 1. The van der Waals surface area contributed by atoms with Gasteiger partial charge in [-0.25, -0.2) is 4.39 Å². The van der Waals surface area contributed by atoms with Crippen LogP contribution in [0.4, 0.5) is 4.39 Å². The molecule has 2 unspecified atom stereocenters. The molecule has 18 heavy (non-hydrogen) atoms. The van der Waals surface area contributed by atoms with Gasteiger partial charge in [-0.05, 0) is 50.0 Å². The standard InChI is InChI=1S/C15H23FN2/c1-12-9-17-13(2)6-7-18(10-12)11-14-4-3-5-15(16)8-14/h3-5,8,12-13,17H,6-7,9-11H2,1-2H3. The maximum atomic E-state index is 13.2. The van der Waals surface area contributed by atoms with Crippen LogP contribution in [0.3, 0.4) is 0 Å². The molecule has 0 amide bonds. The van der Waals surface area contributed by atoms with Gasteiger partial charge in [0.1, 0.15) is 5.82 Å². The highest BCUT2D eigenvalue weighted by Crippen LogP contribution is 2.12. The molecule has 1 aromatic rings. The van der Waals surface area contributed by atoms with Crippen molar-refractivity contribution in [3.05, 3.63) is 35.6 Å². The minimum absolute atomic E-state index is 0.136. The Balaban J connectivity index is 1.98. The van der Waals surface area contributed by atoms with Crippen molar-refractivity contribution in [3.63, 3.8) is 0 Å². The topological polar surface area (TPSA) is 15.3 Å². The number of nitrogens with zero attached hydrogens (tertiary/aromatic N) is 1. The van der Waals surface area contributed by atoms with Gasteiger partial charge in [0, 0.05) is 19.1 Å². The zero-order valence-electron chi connectivity index (χ0n) is 11.3. The van der Waals surface area contributed by atoms with E-state index in [2.05, 4.69) is 24.1 Å². The summed E-state index contributed by atoms with van der Waals surface area (Å²) < 4.78 is 13.2. The van der Waals surface area contributed by atoms with Crippen molar-refractivity contribution >= 4 is 0 Å². The van der Waals surface area contributed by atoms with Crippen molar-refractivity contribution in [2.24, 2.45) is 5.92 Å². The Bertz CT molecular complexity index is 381. The van der Waals surface area contributed by atoms with Gasteiger partial charge in [-0.1, -0.05) is 19.1 Å². The second kappa shape index (κ2) is 6.30. The third-order valence-corrected chi connectivity index (χ3v) is 3.56. The molecule has 0 bridgehead atoms. The molecule has 1 N–H and O–H groups in total. The summed E-state index contributed by atoms with van der Waals surface area (Å²) in [5.41, 5.74) is 1.07. The van der Waals surface area contributed by atoms with Crippen LogP contribution in [-0.4, -0.2) is 30.6 Å². The molecule has 1 aromatic carbocycles. The zero-order chi connectivity index (χ0) is 13.0. The highest BCUT2D eigenvalue weighted by Gasteiger charge is 2.16. The quantitative estimate of drug-likeness (QED) is 0.868. The third kappa shape index (κ3) is 4.07. The van der Waals surface area contributed by atoms with E-state index in [-0.39, 0.29) is 5.82 Å². The summed E-state index contributed by atoms with van der Waals surface area (Å²) in [6.45, 7) is 8.59. The maximum absolute atomic E-state index is 13.2. The Labute approximate surface area is 109 Å².